The van der Waals surface area contributed by atoms with Crippen LogP contribution in [0.3, 0.4) is 0 Å². The first-order valence-electron chi connectivity index (χ1n) is 8.55. The fraction of sp³-hybridized carbons (Fsp3) is 0.263. The number of carbonyl (C=O) groups excluding carboxylic acids is 1. The van der Waals surface area contributed by atoms with Crippen molar-refractivity contribution in [1.29, 1.82) is 0 Å². The van der Waals surface area contributed by atoms with Gasteiger partial charge >= 0.3 is 0 Å². The summed E-state index contributed by atoms with van der Waals surface area (Å²) in [5.74, 6) is 0.0819. The van der Waals surface area contributed by atoms with E-state index in [-0.39, 0.29) is 11.2 Å². The molecule has 1 aliphatic rings. The number of hydrogen-bond acceptors (Lipinski definition) is 5. The molecule has 0 bridgehead atoms. The predicted octanol–water partition coefficient (Wildman–Crippen LogP) is 3.04. The number of benzene rings is 2. The van der Waals surface area contributed by atoms with Gasteiger partial charge < -0.3 is 4.90 Å². The highest BCUT2D eigenvalue weighted by Crippen LogP contribution is 2.31. The molecule has 0 radical (unpaired) electrons. The third-order valence-corrected chi connectivity index (χ3v) is 5.52. The van der Waals surface area contributed by atoms with Crippen LogP contribution in [0.25, 0.3) is 5.69 Å². The number of hydrogen-bond donors (Lipinski definition) is 0. The van der Waals surface area contributed by atoms with Gasteiger partial charge in [-0.1, -0.05) is 47.7 Å². The second kappa shape index (κ2) is 6.92. The number of tetrazole rings is 1. The molecule has 0 N–H and O–H groups in total. The Morgan fingerprint density at radius 1 is 1.15 bits per heavy atom. The van der Waals surface area contributed by atoms with Crippen molar-refractivity contribution in [2.45, 2.75) is 30.7 Å². The van der Waals surface area contributed by atoms with Crippen LogP contribution >= 0.6 is 11.8 Å². The van der Waals surface area contributed by atoms with Gasteiger partial charge in [-0.3, -0.25) is 4.79 Å². The maximum Gasteiger partial charge on any atom is 0.240 e. The molecule has 1 aliphatic heterocycles. The first kappa shape index (κ1) is 16.8. The van der Waals surface area contributed by atoms with Crippen molar-refractivity contribution in [3.8, 4) is 5.69 Å². The van der Waals surface area contributed by atoms with Crippen molar-refractivity contribution in [3.63, 3.8) is 0 Å². The van der Waals surface area contributed by atoms with Crippen molar-refractivity contribution in [2.75, 3.05) is 11.4 Å². The first-order chi connectivity index (χ1) is 12.6. The summed E-state index contributed by atoms with van der Waals surface area (Å²) >= 11 is 1.38. The van der Waals surface area contributed by atoms with Crippen LogP contribution in [0.2, 0.25) is 0 Å². The third kappa shape index (κ3) is 3.10. The summed E-state index contributed by atoms with van der Waals surface area (Å²) in [6, 6.07) is 16.0. The van der Waals surface area contributed by atoms with Crippen molar-refractivity contribution in [3.05, 3.63) is 59.7 Å². The molecule has 2 heterocycles. The normalized spacial score (nSPS) is 14.3. The summed E-state index contributed by atoms with van der Waals surface area (Å²) in [6.07, 6.45) is 0.903. The lowest BCUT2D eigenvalue weighted by Crippen LogP contribution is -2.35. The Balaban J connectivity index is 1.53. The molecule has 4 rings (SSSR count). The molecular weight excluding hydrogens is 346 g/mol. The highest BCUT2D eigenvalue weighted by molar-refractivity contribution is 8.00. The fourth-order valence-corrected chi connectivity index (χ4v) is 3.97. The van der Waals surface area contributed by atoms with Crippen LogP contribution in [-0.4, -0.2) is 37.9 Å². The summed E-state index contributed by atoms with van der Waals surface area (Å²) in [5.41, 5.74) is 4.30. The second-order valence-corrected chi connectivity index (χ2v) is 7.65. The first-order valence-corrected chi connectivity index (χ1v) is 9.43. The van der Waals surface area contributed by atoms with Crippen LogP contribution in [0.15, 0.2) is 53.7 Å². The maximum absolute atomic E-state index is 13.0. The lowest BCUT2D eigenvalue weighted by atomic mass is 10.2. The van der Waals surface area contributed by atoms with E-state index in [1.807, 2.05) is 61.2 Å². The van der Waals surface area contributed by atoms with E-state index < -0.39 is 0 Å². The minimum atomic E-state index is -0.281. The van der Waals surface area contributed by atoms with E-state index in [0.717, 1.165) is 24.3 Å². The lowest BCUT2D eigenvalue weighted by molar-refractivity contribution is -0.117. The smallest absolute Gasteiger partial charge is 0.240 e. The molecule has 0 saturated heterocycles. The van der Waals surface area contributed by atoms with E-state index in [9.17, 15) is 4.79 Å². The molecule has 0 aliphatic carbocycles. The average molecular weight is 365 g/mol. The van der Waals surface area contributed by atoms with Gasteiger partial charge in [0.15, 0.2) is 0 Å². The van der Waals surface area contributed by atoms with Gasteiger partial charge in [-0.05, 0) is 54.5 Å². The number of aryl methyl sites for hydroxylation is 1. The molecule has 6 nitrogen and oxygen atoms in total. The lowest BCUT2D eigenvalue weighted by Gasteiger charge is -2.21. The molecule has 1 aromatic heterocycles. The number of nitrogens with zero attached hydrogens (tertiary/aromatic N) is 5. The standard InChI is InChI=1S/C19H19N5OS/c1-13-7-9-16(10-8-13)24-19(20-21-22-24)26-14(2)18(25)23-12-11-15-5-3-4-6-17(15)23/h3-10,14H,11-12H2,1-2H3/t14-/m1/s1. The number of anilines is 1. The van der Waals surface area contributed by atoms with Crippen LogP contribution in [0.4, 0.5) is 5.69 Å². The predicted molar refractivity (Wildman–Crippen MR) is 102 cm³/mol. The van der Waals surface area contributed by atoms with E-state index in [1.54, 1.807) is 4.68 Å². The number of carbonyl (C=O) groups is 1. The quantitative estimate of drug-likeness (QED) is 0.665. The van der Waals surface area contributed by atoms with Crippen molar-refractivity contribution in [1.82, 2.24) is 20.2 Å². The van der Waals surface area contributed by atoms with Gasteiger partial charge in [0.1, 0.15) is 0 Å². The molecule has 26 heavy (non-hydrogen) atoms. The zero-order valence-corrected chi connectivity index (χ0v) is 15.5. The van der Waals surface area contributed by atoms with Crippen molar-refractivity contribution < 1.29 is 4.79 Å². The monoisotopic (exact) mass is 365 g/mol. The number of rotatable bonds is 4. The second-order valence-electron chi connectivity index (χ2n) is 6.34. The summed E-state index contributed by atoms with van der Waals surface area (Å²) in [5, 5.41) is 12.3. The van der Waals surface area contributed by atoms with Gasteiger partial charge in [-0.2, -0.15) is 4.68 Å². The topological polar surface area (TPSA) is 63.9 Å². The highest BCUT2D eigenvalue weighted by Gasteiger charge is 2.29. The number of thioether (sulfide) groups is 1. The molecular formula is C19H19N5OS. The van der Waals surface area contributed by atoms with E-state index in [1.165, 1.54) is 22.9 Å². The summed E-state index contributed by atoms with van der Waals surface area (Å²) in [7, 11) is 0. The average Bonchev–Trinajstić information content (AvgIpc) is 3.28. The Kier molecular flexibility index (Phi) is 4.46. The number of aromatic nitrogens is 4. The van der Waals surface area contributed by atoms with Crippen LogP contribution in [0, 0.1) is 6.92 Å². The molecule has 132 valence electrons. The maximum atomic E-state index is 13.0. The number of para-hydroxylation sites is 1. The Morgan fingerprint density at radius 2 is 1.92 bits per heavy atom. The largest absolute Gasteiger partial charge is 0.311 e. The van der Waals surface area contributed by atoms with E-state index in [4.69, 9.17) is 0 Å². The molecule has 0 fully saturated rings. The van der Waals surface area contributed by atoms with Gasteiger partial charge in [-0.25, -0.2) is 0 Å². The fourth-order valence-electron chi connectivity index (χ4n) is 3.10. The molecule has 1 atom stereocenters. The summed E-state index contributed by atoms with van der Waals surface area (Å²) < 4.78 is 1.67. The van der Waals surface area contributed by atoms with Crippen molar-refractivity contribution >= 4 is 23.4 Å². The Morgan fingerprint density at radius 3 is 2.73 bits per heavy atom. The van der Waals surface area contributed by atoms with Crippen molar-refractivity contribution in [2.24, 2.45) is 0 Å². The van der Waals surface area contributed by atoms with Crippen LogP contribution < -0.4 is 4.90 Å². The molecule has 2 aromatic carbocycles. The molecule has 0 saturated carbocycles. The highest BCUT2D eigenvalue weighted by atomic mass is 32.2. The minimum Gasteiger partial charge on any atom is -0.311 e. The number of amides is 1. The molecule has 3 aromatic rings. The van der Waals surface area contributed by atoms with E-state index in [0.29, 0.717) is 5.16 Å². The van der Waals surface area contributed by atoms with Gasteiger partial charge in [0.25, 0.3) is 0 Å². The third-order valence-electron chi connectivity index (χ3n) is 4.50. The van der Waals surface area contributed by atoms with Crippen LogP contribution in [0.5, 0.6) is 0 Å². The Labute approximate surface area is 156 Å². The van der Waals surface area contributed by atoms with Crippen LogP contribution in [-0.2, 0) is 11.2 Å². The van der Waals surface area contributed by atoms with Gasteiger partial charge in [-0.15, -0.1) is 5.10 Å². The van der Waals surface area contributed by atoms with Gasteiger partial charge in [0.05, 0.1) is 10.9 Å². The van der Waals surface area contributed by atoms with E-state index >= 15 is 0 Å². The zero-order valence-electron chi connectivity index (χ0n) is 14.7. The molecule has 1 amide bonds. The van der Waals surface area contributed by atoms with Gasteiger partial charge in [0.2, 0.25) is 11.1 Å². The molecule has 0 unspecified atom stereocenters. The van der Waals surface area contributed by atoms with E-state index in [2.05, 4.69) is 21.6 Å². The minimum absolute atomic E-state index is 0.0819. The van der Waals surface area contributed by atoms with Crippen LogP contribution in [0.1, 0.15) is 18.1 Å². The Hall–Kier alpha value is -2.67. The number of fused-ring (bicyclic) bond motifs is 1. The molecule has 7 heteroatoms. The summed E-state index contributed by atoms with van der Waals surface area (Å²) in [6.45, 7) is 4.67. The SMILES string of the molecule is Cc1ccc(-n2nnnc2S[C@H](C)C(=O)N2CCc3ccccc32)cc1. The Bertz CT molecular complexity index is 937. The summed E-state index contributed by atoms with van der Waals surface area (Å²) in [4.78, 5) is 14.8. The molecule has 0 spiro atoms. The zero-order chi connectivity index (χ0) is 18.1. The van der Waals surface area contributed by atoms with Gasteiger partial charge in [0, 0.05) is 12.2 Å².